The fourth-order valence-electron chi connectivity index (χ4n) is 1.20. The number of carbonyl (C=O) groups excluding carboxylic acids is 1. The van der Waals surface area contributed by atoms with Crippen LogP contribution in [-0.4, -0.2) is 43.0 Å². The van der Waals surface area contributed by atoms with E-state index < -0.39 is 0 Å². The van der Waals surface area contributed by atoms with Crippen molar-refractivity contribution < 1.29 is 4.79 Å². The first-order chi connectivity index (χ1) is 7.20. The van der Waals surface area contributed by atoms with Crippen LogP contribution in [0.15, 0.2) is 24.5 Å². The van der Waals surface area contributed by atoms with Gasteiger partial charge in [0.2, 0.25) is 0 Å². The molecule has 4 heteroatoms. The molecule has 82 valence electrons. The van der Waals surface area contributed by atoms with Crippen molar-refractivity contribution >= 4 is 5.91 Å². The molecule has 0 atom stereocenters. The number of aromatic nitrogens is 1. The van der Waals surface area contributed by atoms with Gasteiger partial charge in [-0.05, 0) is 39.2 Å². The quantitative estimate of drug-likeness (QED) is 0.725. The molecule has 1 aromatic heterocycles. The van der Waals surface area contributed by atoms with Crippen LogP contribution in [0, 0.1) is 0 Å². The molecule has 1 aromatic rings. The Hall–Kier alpha value is -1.42. The molecule has 0 saturated carbocycles. The van der Waals surface area contributed by atoms with Crippen LogP contribution in [0.1, 0.15) is 16.8 Å². The van der Waals surface area contributed by atoms with E-state index in [1.165, 1.54) is 0 Å². The van der Waals surface area contributed by atoms with Crippen molar-refractivity contribution in [1.82, 2.24) is 15.2 Å². The van der Waals surface area contributed by atoms with Gasteiger partial charge in [0.1, 0.15) is 0 Å². The lowest BCUT2D eigenvalue weighted by molar-refractivity contribution is 0.0952. The summed E-state index contributed by atoms with van der Waals surface area (Å²) in [5, 5.41) is 2.85. The first-order valence-electron chi connectivity index (χ1n) is 5.03. The van der Waals surface area contributed by atoms with Crippen molar-refractivity contribution in [2.45, 2.75) is 6.42 Å². The minimum absolute atomic E-state index is 0.0538. The summed E-state index contributed by atoms with van der Waals surface area (Å²) in [6.07, 6.45) is 4.18. The monoisotopic (exact) mass is 207 g/mol. The second kappa shape index (κ2) is 6.14. The maximum Gasteiger partial charge on any atom is 0.252 e. The second-order valence-corrected chi connectivity index (χ2v) is 3.65. The number of nitrogens with one attached hydrogen (secondary N) is 1. The zero-order valence-corrected chi connectivity index (χ0v) is 9.23. The van der Waals surface area contributed by atoms with E-state index in [1.807, 2.05) is 14.1 Å². The highest BCUT2D eigenvalue weighted by molar-refractivity contribution is 5.93. The minimum atomic E-state index is -0.0538. The fraction of sp³-hybridized carbons (Fsp3) is 0.455. The molecule has 0 aliphatic heterocycles. The van der Waals surface area contributed by atoms with Crippen LogP contribution in [0.25, 0.3) is 0 Å². The molecule has 4 nitrogen and oxygen atoms in total. The van der Waals surface area contributed by atoms with Crippen molar-refractivity contribution in [2.24, 2.45) is 0 Å². The van der Waals surface area contributed by atoms with Crippen LogP contribution >= 0.6 is 0 Å². The van der Waals surface area contributed by atoms with Gasteiger partial charge in [-0.15, -0.1) is 0 Å². The van der Waals surface area contributed by atoms with Crippen LogP contribution in [0.3, 0.4) is 0 Å². The number of pyridine rings is 1. The van der Waals surface area contributed by atoms with E-state index in [9.17, 15) is 4.79 Å². The number of carbonyl (C=O) groups is 1. The summed E-state index contributed by atoms with van der Waals surface area (Å²) in [4.78, 5) is 17.5. The summed E-state index contributed by atoms with van der Waals surface area (Å²) in [6.45, 7) is 1.68. The number of hydrogen-bond acceptors (Lipinski definition) is 3. The molecule has 0 aromatic carbocycles. The van der Waals surface area contributed by atoms with Crippen LogP contribution in [0.2, 0.25) is 0 Å². The largest absolute Gasteiger partial charge is 0.352 e. The second-order valence-electron chi connectivity index (χ2n) is 3.65. The Morgan fingerprint density at radius 3 is 2.93 bits per heavy atom. The summed E-state index contributed by atoms with van der Waals surface area (Å²) in [7, 11) is 4.03. The molecule has 1 amide bonds. The number of rotatable bonds is 5. The molecular formula is C11H17N3O. The van der Waals surface area contributed by atoms with Gasteiger partial charge >= 0.3 is 0 Å². The Bertz CT molecular complexity index is 298. The van der Waals surface area contributed by atoms with Crippen LogP contribution in [0.5, 0.6) is 0 Å². The van der Waals surface area contributed by atoms with Gasteiger partial charge in [-0.2, -0.15) is 0 Å². The van der Waals surface area contributed by atoms with Crippen molar-refractivity contribution in [3.05, 3.63) is 30.1 Å². The lowest BCUT2D eigenvalue weighted by Gasteiger charge is -2.09. The number of nitrogens with zero attached hydrogens (tertiary/aromatic N) is 2. The zero-order valence-electron chi connectivity index (χ0n) is 9.23. The molecule has 1 rings (SSSR count). The highest BCUT2D eigenvalue weighted by atomic mass is 16.1. The van der Waals surface area contributed by atoms with Crippen molar-refractivity contribution in [1.29, 1.82) is 0 Å². The summed E-state index contributed by atoms with van der Waals surface area (Å²) in [5.41, 5.74) is 0.613. The van der Waals surface area contributed by atoms with Gasteiger partial charge in [0.25, 0.3) is 5.91 Å². The van der Waals surface area contributed by atoms with Gasteiger partial charge in [-0.25, -0.2) is 0 Å². The molecule has 0 aliphatic carbocycles. The standard InChI is InChI=1S/C11H17N3O/c1-14(2)8-4-7-13-11(15)10-5-3-6-12-9-10/h3,5-6,9H,4,7-8H2,1-2H3,(H,13,15). The Balaban J connectivity index is 2.25. The zero-order chi connectivity index (χ0) is 11.1. The first kappa shape index (κ1) is 11.7. The van der Waals surface area contributed by atoms with Gasteiger partial charge in [-0.3, -0.25) is 9.78 Å². The third-order valence-electron chi connectivity index (χ3n) is 1.99. The molecule has 15 heavy (non-hydrogen) atoms. The third-order valence-corrected chi connectivity index (χ3v) is 1.99. The SMILES string of the molecule is CN(C)CCCNC(=O)c1cccnc1. The summed E-state index contributed by atoms with van der Waals surface area (Å²) < 4.78 is 0. The highest BCUT2D eigenvalue weighted by Gasteiger charge is 2.03. The van der Waals surface area contributed by atoms with E-state index in [-0.39, 0.29) is 5.91 Å². The normalized spacial score (nSPS) is 10.3. The molecule has 0 saturated heterocycles. The Labute approximate surface area is 90.3 Å². The molecule has 0 spiro atoms. The summed E-state index contributed by atoms with van der Waals surface area (Å²) >= 11 is 0. The smallest absolute Gasteiger partial charge is 0.252 e. The van der Waals surface area contributed by atoms with Crippen molar-refractivity contribution in [3.8, 4) is 0 Å². The lowest BCUT2D eigenvalue weighted by Crippen LogP contribution is -2.27. The van der Waals surface area contributed by atoms with Gasteiger partial charge in [0, 0.05) is 18.9 Å². The number of amides is 1. The average Bonchev–Trinajstić information content (AvgIpc) is 2.25. The van der Waals surface area contributed by atoms with Gasteiger partial charge < -0.3 is 10.2 Å². The van der Waals surface area contributed by atoms with Gasteiger partial charge in [0.05, 0.1) is 5.56 Å². The maximum absolute atomic E-state index is 11.5. The Kier molecular flexibility index (Phi) is 4.77. The van der Waals surface area contributed by atoms with Crippen molar-refractivity contribution in [2.75, 3.05) is 27.2 Å². The molecule has 1 heterocycles. The van der Waals surface area contributed by atoms with E-state index in [4.69, 9.17) is 0 Å². The predicted molar refractivity (Wildman–Crippen MR) is 59.7 cm³/mol. The molecule has 1 N–H and O–H groups in total. The summed E-state index contributed by atoms with van der Waals surface area (Å²) in [6, 6.07) is 3.52. The molecule has 0 fully saturated rings. The minimum Gasteiger partial charge on any atom is -0.352 e. The third kappa shape index (κ3) is 4.56. The van der Waals surface area contributed by atoms with Crippen LogP contribution < -0.4 is 5.32 Å². The topological polar surface area (TPSA) is 45.2 Å². The first-order valence-corrected chi connectivity index (χ1v) is 5.03. The Morgan fingerprint density at radius 2 is 2.33 bits per heavy atom. The fourth-order valence-corrected chi connectivity index (χ4v) is 1.20. The van der Waals surface area contributed by atoms with Crippen molar-refractivity contribution in [3.63, 3.8) is 0 Å². The van der Waals surface area contributed by atoms with E-state index in [0.29, 0.717) is 12.1 Å². The highest BCUT2D eigenvalue weighted by Crippen LogP contribution is 1.94. The lowest BCUT2D eigenvalue weighted by atomic mass is 10.2. The Morgan fingerprint density at radius 1 is 1.53 bits per heavy atom. The van der Waals surface area contributed by atoms with E-state index in [1.54, 1.807) is 24.5 Å². The van der Waals surface area contributed by atoms with Crippen LogP contribution in [-0.2, 0) is 0 Å². The van der Waals surface area contributed by atoms with Gasteiger partial charge in [0.15, 0.2) is 0 Å². The van der Waals surface area contributed by atoms with E-state index >= 15 is 0 Å². The molecule has 0 unspecified atom stereocenters. The summed E-state index contributed by atoms with van der Waals surface area (Å²) in [5.74, 6) is -0.0538. The predicted octanol–water partition coefficient (Wildman–Crippen LogP) is 0.763. The molecule has 0 bridgehead atoms. The molecule has 0 aliphatic rings. The van der Waals surface area contributed by atoms with Crippen LogP contribution in [0.4, 0.5) is 0 Å². The van der Waals surface area contributed by atoms with E-state index in [2.05, 4.69) is 15.2 Å². The maximum atomic E-state index is 11.5. The van der Waals surface area contributed by atoms with Gasteiger partial charge in [-0.1, -0.05) is 0 Å². The van der Waals surface area contributed by atoms with E-state index in [0.717, 1.165) is 13.0 Å². The molecule has 0 radical (unpaired) electrons. The number of hydrogen-bond donors (Lipinski definition) is 1. The average molecular weight is 207 g/mol. The molecular weight excluding hydrogens is 190 g/mol.